The molecule has 0 radical (unpaired) electrons. The molecule has 0 amide bonds. The van der Waals surface area contributed by atoms with Crippen molar-refractivity contribution in [3.05, 3.63) is 77.6 Å². The maximum Gasteiger partial charge on any atom is 0.343 e. The van der Waals surface area contributed by atoms with Gasteiger partial charge in [0.25, 0.3) is 0 Å². The number of aryl methyl sites for hydroxylation is 1. The first-order chi connectivity index (χ1) is 19.9. The highest BCUT2D eigenvalue weighted by atomic mass is 16.5. The SMILES string of the molecule is CCCCCCCCc1cnc(-c2ccc(C(=O)Oc3ccc(C(=O)C(C)OC(=O)CCCCC)cc3)cc2)nc1. The van der Waals surface area contributed by atoms with E-state index < -0.39 is 12.1 Å². The second kappa shape index (κ2) is 17.1. The molecule has 0 aliphatic rings. The number of carbonyl (C=O) groups is 3. The van der Waals surface area contributed by atoms with E-state index in [1.165, 1.54) is 32.1 Å². The molecule has 0 aliphatic carbocycles. The first kappa shape index (κ1) is 31.7. The predicted molar refractivity (Wildman–Crippen MR) is 160 cm³/mol. The molecule has 0 aliphatic heterocycles. The number of aromatic nitrogens is 2. The van der Waals surface area contributed by atoms with Crippen LogP contribution in [0.5, 0.6) is 5.75 Å². The van der Waals surface area contributed by atoms with Crippen molar-refractivity contribution >= 4 is 17.7 Å². The van der Waals surface area contributed by atoms with Gasteiger partial charge in [0.2, 0.25) is 5.78 Å². The summed E-state index contributed by atoms with van der Waals surface area (Å²) in [6.45, 7) is 5.85. The van der Waals surface area contributed by atoms with E-state index in [0.717, 1.165) is 43.2 Å². The van der Waals surface area contributed by atoms with Gasteiger partial charge in [0.15, 0.2) is 11.9 Å². The van der Waals surface area contributed by atoms with Crippen molar-refractivity contribution in [3.8, 4) is 17.1 Å². The van der Waals surface area contributed by atoms with Gasteiger partial charge >= 0.3 is 11.9 Å². The maximum absolute atomic E-state index is 12.7. The third-order valence-corrected chi connectivity index (χ3v) is 6.91. The molecule has 3 aromatic rings. The fourth-order valence-corrected chi connectivity index (χ4v) is 4.41. The number of Topliss-reactive ketones (excluding diaryl/α,β-unsaturated/α-hetero) is 1. The number of rotatable bonds is 17. The molecule has 7 heteroatoms. The van der Waals surface area contributed by atoms with Crippen LogP contribution >= 0.6 is 0 Å². The molecule has 0 bridgehead atoms. The summed E-state index contributed by atoms with van der Waals surface area (Å²) in [6, 6.07) is 13.2. The number of carbonyl (C=O) groups excluding carboxylic acids is 3. The molecule has 1 heterocycles. The topological polar surface area (TPSA) is 95.5 Å². The largest absolute Gasteiger partial charge is 0.454 e. The lowest BCUT2D eigenvalue weighted by molar-refractivity contribution is -0.146. The smallest absolute Gasteiger partial charge is 0.343 e. The first-order valence-corrected chi connectivity index (χ1v) is 14.9. The van der Waals surface area contributed by atoms with Gasteiger partial charge in [-0.15, -0.1) is 0 Å². The molecule has 0 fully saturated rings. The highest BCUT2D eigenvalue weighted by Gasteiger charge is 2.20. The van der Waals surface area contributed by atoms with Crippen LogP contribution in [-0.4, -0.2) is 33.8 Å². The summed E-state index contributed by atoms with van der Waals surface area (Å²) in [4.78, 5) is 46.2. The van der Waals surface area contributed by atoms with Gasteiger partial charge in [0, 0.05) is 29.9 Å². The van der Waals surface area contributed by atoms with Crippen LogP contribution in [-0.2, 0) is 16.0 Å². The quantitative estimate of drug-likeness (QED) is 0.0717. The Hall–Kier alpha value is -3.87. The number of ketones is 1. The van der Waals surface area contributed by atoms with Gasteiger partial charge in [0.05, 0.1) is 5.56 Å². The Bertz CT molecular complexity index is 1240. The molecule has 0 saturated carbocycles. The van der Waals surface area contributed by atoms with Crippen LogP contribution in [0.2, 0.25) is 0 Å². The molecular formula is C34H42N2O5. The van der Waals surface area contributed by atoms with Crippen molar-refractivity contribution in [2.75, 3.05) is 0 Å². The Morgan fingerprint density at radius 1 is 0.732 bits per heavy atom. The lowest BCUT2D eigenvalue weighted by atomic mass is 10.1. The van der Waals surface area contributed by atoms with Crippen molar-refractivity contribution in [3.63, 3.8) is 0 Å². The minimum Gasteiger partial charge on any atom is -0.454 e. The zero-order chi connectivity index (χ0) is 29.5. The highest BCUT2D eigenvalue weighted by molar-refractivity contribution is 6.00. The van der Waals surface area contributed by atoms with E-state index >= 15 is 0 Å². The monoisotopic (exact) mass is 558 g/mol. The van der Waals surface area contributed by atoms with Gasteiger partial charge in [-0.25, -0.2) is 14.8 Å². The van der Waals surface area contributed by atoms with Gasteiger partial charge in [-0.2, -0.15) is 0 Å². The molecule has 41 heavy (non-hydrogen) atoms. The van der Waals surface area contributed by atoms with Crippen LogP contribution < -0.4 is 4.74 Å². The third kappa shape index (κ3) is 10.6. The average molecular weight is 559 g/mol. The van der Waals surface area contributed by atoms with Crippen molar-refractivity contribution < 1.29 is 23.9 Å². The van der Waals surface area contributed by atoms with Crippen LogP contribution in [0.1, 0.15) is 111 Å². The Kier molecular flexibility index (Phi) is 13.2. The number of unbranched alkanes of at least 4 members (excludes halogenated alkanes) is 7. The molecule has 7 nitrogen and oxygen atoms in total. The van der Waals surface area contributed by atoms with E-state index in [1.807, 2.05) is 12.4 Å². The van der Waals surface area contributed by atoms with Gasteiger partial charge in [-0.05, 0) is 68.1 Å². The minimum absolute atomic E-state index is 0.305. The summed E-state index contributed by atoms with van der Waals surface area (Å²) in [6.07, 6.45) is 14.4. The fraction of sp³-hybridized carbons (Fsp3) is 0.441. The van der Waals surface area contributed by atoms with Crippen molar-refractivity contribution in [1.29, 1.82) is 0 Å². The van der Waals surface area contributed by atoms with Crippen LogP contribution in [0.4, 0.5) is 0 Å². The summed E-state index contributed by atoms with van der Waals surface area (Å²) >= 11 is 0. The van der Waals surface area contributed by atoms with Crippen LogP contribution in [0.25, 0.3) is 11.4 Å². The second-order valence-electron chi connectivity index (χ2n) is 10.4. The normalized spacial score (nSPS) is 11.6. The summed E-state index contributed by atoms with van der Waals surface area (Å²) in [5, 5.41) is 0. The van der Waals surface area contributed by atoms with Crippen molar-refractivity contribution in [2.24, 2.45) is 0 Å². The number of esters is 2. The minimum atomic E-state index is -0.878. The van der Waals surface area contributed by atoms with E-state index in [2.05, 4.69) is 23.8 Å². The molecular weight excluding hydrogens is 516 g/mol. The number of ether oxygens (including phenoxy) is 2. The molecule has 218 valence electrons. The highest BCUT2D eigenvalue weighted by Crippen LogP contribution is 2.20. The first-order valence-electron chi connectivity index (χ1n) is 14.9. The van der Waals surface area contributed by atoms with E-state index in [-0.39, 0.29) is 11.8 Å². The standard InChI is InChI=1S/C34H42N2O5/c1-4-6-8-9-10-12-13-26-23-35-33(36-24-26)28-15-17-29(18-16-28)34(39)41-30-21-19-27(20-22-30)32(38)25(3)40-31(37)14-11-7-5-2/h15-25H,4-14H2,1-3H3. The average Bonchev–Trinajstić information content (AvgIpc) is 2.99. The molecule has 1 atom stereocenters. The Balaban J connectivity index is 1.48. The molecule has 0 saturated heterocycles. The molecule has 0 spiro atoms. The molecule has 1 aromatic heterocycles. The molecule has 3 rings (SSSR count). The van der Waals surface area contributed by atoms with Gasteiger partial charge in [0.1, 0.15) is 5.75 Å². The van der Waals surface area contributed by atoms with E-state index in [1.54, 1.807) is 55.5 Å². The van der Waals surface area contributed by atoms with E-state index in [0.29, 0.717) is 29.1 Å². The fourth-order valence-electron chi connectivity index (χ4n) is 4.41. The van der Waals surface area contributed by atoms with E-state index in [9.17, 15) is 14.4 Å². The third-order valence-electron chi connectivity index (χ3n) is 6.91. The summed E-state index contributed by atoms with van der Waals surface area (Å²) in [7, 11) is 0. The van der Waals surface area contributed by atoms with E-state index in [4.69, 9.17) is 9.47 Å². The Morgan fingerprint density at radius 2 is 1.32 bits per heavy atom. The van der Waals surface area contributed by atoms with Crippen LogP contribution in [0, 0.1) is 0 Å². The number of benzene rings is 2. The zero-order valence-electron chi connectivity index (χ0n) is 24.6. The maximum atomic E-state index is 12.7. The van der Waals surface area contributed by atoms with Gasteiger partial charge in [-0.1, -0.05) is 70.9 Å². The summed E-state index contributed by atoms with van der Waals surface area (Å²) in [5.41, 5.74) is 2.71. The zero-order valence-corrected chi connectivity index (χ0v) is 24.6. The number of hydrogen-bond acceptors (Lipinski definition) is 7. The van der Waals surface area contributed by atoms with Gasteiger partial charge in [-0.3, -0.25) is 9.59 Å². The van der Waals surface area contributed by atoms with Crippen LogP contribution in [0.3, 0.4) is 0 Å². The second-order valence-corrected chi connectivity index (χ2v) is 10.4. The summed E-state index contributed by atoms with van der Waals surface area (Å²) < 4.78 is 10.7. The Labute approximate surface area is 243 Å². The molecule has 1 unspecified atom stereocenters. The summed E-state index contributed by atoms with van der Waals surface area (Å²) in [5.74, 6) is -0.273. The molecule has 2 aromatic carbocycles. The van der Waals surface area contributed by atoms with Gasteiger partial charge < -0.3 is 9.47 Å². The molecule has 0 N–H and O–H groups in total. The lowest BCUT2D eigenvalue weighted by Gasteiger charge is -2.12. The number of nitrogens with zero attached hydrogens (tertiary/aromatic N) is 2. The van der Waals surface area contributed by atoms with Crippen LogP contribution in [0.15, 0.2) is 60.9 Å². The lowest BCUT2D eigenvalue weighted by Crippen LogP contribution is -2.24. The van der Waals surface area contributed by atoms with Crippen molar-refractivity contribution in [1.82, 2.24) is 9.97 Å². The number of hydrogen-bond donors (Lipinski definition) is 0. The Morgan fingerprint density at radius 3 is 1.98 bits per heavy atom. The van der Waals surface area contributed by atoms with Crippen molar-refractivity contribution in [2.45, 2.75) is 97.5 Å². The predicted octanol–water partition coefficient (Wildman–Crippen LogP) is 7.96.